The van der Waals surface area contributed by atoms with Gasteiger partial charge in [0.2, 0.25) is 0 Å². The predicted octanol–water partition coefficient (Wildman–Crippen LogP) is 5.06. The number of fused-ring (bicyclic) bond motifs is 1. The number of ether oxygens (including phenoxy) is 2. The molecule has 0 fully saturated rings. The average Bonchev–Trinajstić information content (AvgIpc) is 3.20. The fraction of sp³-hybridized carbons (Fsp3) is 0.389. The SMILES string of the molecule is CCOC(=O)c1c(NC(=O)c2cc(Cl)sc2Cl)sc2c1CCN(C(=O)OCC)C2. The highest BCUT2D eigenvalue weighted by atomic mass is 35.5. The van der Waals surface area contributed by atoms with E-state index in [-0.39, 0.29) is 23.1 Å². The molecule has 3 rings (SSSR count). The number of nitrogens with one attached hydrogen (secondary N) is 1. The number of thiophene rings is 2. The van der Waals surface area contributed by atoms with E-state index in [2.05, 4.69) is 5.32 Å². The first-order valence-electron chi connectivity index (χ1n) is 8.85. The fourth-order valence-electron chi connectivity index (χ4n) is 2.95. The molecule has 2 amide bonds. The summed E-state index contributed by atoms with van der Waals surface area (Å²) in [4.78, 5) is 39.7. The standard InChI is InChI=1S/C18H18Cl2N2O5S2/c1-3-26-17(24)13-9-5-6-22(18(25)27-4-2)8-11(9)28-16(13)21-15(23)10-7-12(19)29-14(10)20/h7H,3-6,8H2,1-2H3,(H,21,23). The van der Waals surface area contributed by atoms with Crippen molar-refractivity contribution >= 4 is 68.8 Å². The van der Waals surface area contributed by atoms with E-state index in [0.717, 1.165) is 21.8 Å². The van der Waals surface area contributed by atoms with Gasteiger partial charge in [-0.05, 0) is 31.9 Å². The zero-order valence-electron chi connectivity index (χ0n) is 15.7. The molecule has 0 saturated heterocycles. The second-order valence-corrected chi connectivity index (χ2v) is 9.38. The quantitative estimate of drug-likeness (QED) is 0.609. The first-order valence-corrected chi connectivity index (χ1v) is 11.2. The first-order chi connectivity index (χ1) is 13.8. The predicted molar refractivity (Wildman–Crippen MR) is 114 cm³/mol. The molecule has 156 valence electrons. The van der Waals surface area contributed by atoms with E-state index >= 15 is 0 Å². The normalized spacial score (nSPS) is 13.0. The van der Waals surface area contributed by atoms with Crippen LogP contribution in [0.2, 0.25) is 8.67 Å². The molecular weight excluding hydrogens is 459 g/mol. The molecule has 1 aliphatic rings. The van der Waals surface area contributed by atoms with Crippen LogP contribution >= 0.6 is 45.9 Å². The van der Waals surface area contributed by atoms with Crippen molar-refractivity contribution in [2.75, 3.05) is 25.1 Å². The monoisotopic (exact) mass is 476 g/mol. The van der Waals surface area contributed by atoms with Crippen molar-refractivity contribution in [3.8, 4) is 0 Å². The summed E-state index contributed by atoms with van der Waals surface area (Å²) in [6, 6.07) is 1.48. The van der Waals surface area contributed by atoms with Crippen molar-refractivity contribution in [1.82, 2.24) is 4.90 Å². The molecule has 29 heavy (non-hydrogen) atoms. The van der Waals surface area contributed by atoms with Crippen LogP contribution in [0.25, 0.3) is 0 Å². The number of esters is 1. The zero-order valence-corrected chi connectivity index (χ0v) is 18.8. The molecule has 0 unspecified atom stereocenters. The molecule has 1 aliphatic heterocycles. The molecule has 3 heterocycles. The lowest BCUT2D eigenvalue weighted by molar-refractivity contribution is 0.0526. The molecule has 0 bridgehead atoms. The van der Waals surface area contributed by atoms with E-state index in [1.807, 2.05) is 0 Å². The van der Waals surface area contributed by atoms with Crippen LogP contribution in [0.15, 0.2) is 6.07 Å². The van der Waals surface area contributed by atoms with Gasteiger partial charge in [0.05, 0.1) is 35.2 Å². The third-order valence-electron chi connectivity index (χ3n) is 4.19. The highest BCUT2D eigenvalue weighted by Gasteiger charge is 2.32. The Morgan fingerprint density at radius 1 is 1.17 bits per heavy atom. The van der Waals surface area contributed by atoms with Gasteiger partial charge in [0.25, 0.3) is 5.91 Å². The molecular formula is C18H18Cl2N2O5S2. The minimum absolute atomic E-state index is 0.206. The third-order valence-corrected chi connectivity index (χ3v) is 6.81. The van der Waals surface area contributed by atoms with E-state index in [4.69, 9.17) is 32.7 Å². The van der Waals surface area contributed by atoms with Gasteiger partial charge in [-0.15, -0.1) is 22.7 Å². The van der Waals surface area contributed by atoms with Gasteiger partial charge < -0.3 is 19.7 Å². The lowest BCUT2D eigenvalue weighted by Gasteiger charge is -2.26. The van der Waals surface area contributed by atoms with Crippen LogP contribution in [0.5, 0.6) is 0 Å². The first kappa shape index (κ1) is 21.9. The molecule has 2 aromatic heterocycles. The van der Waals surface area contributed by atoms with Gasteiger partial charge in [0, 0.05) is 11.4 Å². The maximum Gasteiger partial charge on any atom is 0.410 e. The molecule has 11 heteroatoms. The van der Waals surface area contributed by atoms with Crippen molar-refractivity contribution < 1.29 is 23.9 Å². The second-order valence-electron chi connectivity index (χ2n) is 5.99. The number of hydrogen-bond acceptors (Lipinski definition) is 7. The van der Waals surface area contributed by atoms with Gasteiger partial charge in [-0.25, -0.2) is 9.59 Å². The summed E-state index contributed by atoms with van der Waals surface area (Å²) < 4.78 is 10.9. The highest BCUT2D eigenvalue weighted by molar-refractivity contribution is 7.20. The summed E-state index contributed by atoms with van der Waals surface area (Å²) in [6.07, 6.45) is 0.0502. The number of carbonyl (C=O) groups excluding carboxylic acids is 3. The number of carbonyl (C=O) groups is 3. The van der Waals surface area contributed by atoms with E-state index < -0.39 is 18.0 Å². The Hall–Kier alpha value is -1.81. The molecule has 0 aliphatic carbocycles. The lowest BCUT2D eigenvalue weighted by atomic mass is 10.0. The number of nitrogens with zero attached hydrogens (tertiary/aromatic N) is 1. The Morgan fingerprint density at radius 3 is 2.52 bits per heavy atom. The lowest BCUT2D eigenvalue weighted by Crippen LogP contribution is -2.36. The second kappa shape index (κ2) is 9.34. The molecule has 0 radical (unpaired) electrons. The topological polar surface area (TPSA) is 84.9 Å². The van der Waals surface area contributed by atoms with Gasteiger partial charge in [-0.3, -0.25) is 4.79 Å². The Kier molecular flexibility index (Phi) is 7.05. The maximum atomic E-state index is 12.7. The van der Waals surface area contributed by atoms with Crippen LogP contribution in [-0.2, 0) is 22.4 Å². The van der Waals surface area contributed by atoms with Gasteiger partial charge >= 0.3 is 12.1 Å². The maximum absolute atomic E-state index is 12.7. The average molecular weight is 477 g/mol. The van der Waals surface area contributed by atoms with Crippen molar-refractivity contribution in [1.29, 1.82) is 0 Å². The summed E-state index contributed by atoms with van der Waals surface area (Å²) in [6.45, 7) is 4.65. The van der Waals surface area contributed by atoms with Crippen LogP contribution in [-0.4, -0.2) is 42.6 Å². The van der Waals surface area contributed by atoms with Crippen molar-refractivity contribution in [2.24, 2.45) is 0 Å². The Morgan fingerprint density at radius 2 is 1.90 bits per heavy atom. The minimum atomic E-state index is -0.515. The van der Waals surface area contributed by atoms with Crippen molar-refractivity contribution in [3.63, 3.8) is 0 Å². The molecule has 0 atom stereocenters. The molecule has 2 aromatic rings. The number of anilines is 1. The molecule has 0 saturated carbocycles. The van der Waals surface area contributed by atoms with Crippen LogP contribution in [0, 0.1) is 0 Å². The Balaban J connectivity index is 1.92. The van der Waals surface area contributed by atoms with Crippen molar-refractivity contribution in [3.05, 3.63) is 36.3 Å². The molecule has 0 spiro atoms. The largest absolute Gasteiger partial charge is 0.462 e. The van der Waals surface area contributed by atoms with Crippen LogP contribution in [0.3, 0.4) is 0 Å². The number of amides is 2. The van der Waals surface area contributed by atoms with E-state index in [9.17, 15) is 14.4 Å². The Labute approximate surface area is 185 Å². The molecule has 7 nitrogen and oxygen atoms in total. The minimum Gasteiger partial charge on any atom is -0.462 e. The summed E-state index contributed by atoms with van der Waals surface area (Å²) in [5.41, 5.74) is 1.33. The number of hydrogen-bond donors (Lipinski definition) is 1. The molecule has 1 N–H and O–H groups in total. The summed E-state index contributed by atoms with van der Waals surface area (Å²) in [7, 11) is 0. The third kappa shape index (κ3) is 4.69. The highest BCUT2D eigenvalue weighted by Crippen LogP contribution is 2.39. The van der Waals surface area contributed by atoms with Crippen molar-refractivity contribution in [2.45, 2.75) is 26.8 Å². The van der Waals surface area contributed by atoms with Gasteiger partial charge in [-0.1, -0.05) is 23.2 Å². The zero-order chi connectivity index (χ0) is 21.1. The summed E-state index contributed by atoms with van der Waals surface area (Å²) in [5.74, 6) is -0.983. The summed E-state index contributed by atoms with van der Waals surface area (Å²) >= 11 is 14.3. The van der Waals surface area contributed by atoms with Gasteiger partial charge in [0.15, 0.2) is 0 Å². The summed E-state index contributed by atoms with van der Waals surface area (Å²) in [5, 5.41) is 3.12. The molecule has 0 aromatic carbocycles. The van der Waals surface area contributed by atoms with E-state index in [1.165, 1.54) is 17.4 Å². The van der Waals surface area contributed by atoms with Crippen LogP contribution in [0.4, 0.5) is 9.80 Å². The fourth-order valence-corrected chi connectivity index (χ4v) is 5.65. The smallest absolute Gasteiger partial charge is 0.410 e. The van der Waals surface area contributed by atoms with Gasteiger partial charge in [0.1, 0.15) is 9.34 Å². The number of rotatable bonds is 5. The Bertz CT molecular complexity index is 956. The number of halogens is 2. The van der Waals surface area contributed by atoms with Crippen LogP contribution < -0.4 is 5.32 Å². The van der Waals surface area contributed by atoms with Gasteiger partial charge in [-0.2, -0.15) is 0 Å². The van der Waals surface area contributed by atoms with Crippen LogP contribution in [0.1, 0.15) is 45.0 Å². The van der Waals surface area contributed by atoms with E-state index in [1.54, 1.807) is 18.7 Å². The van der Waals surface area contributed by atoms with E-state index in [0.29, 0.717) is 34.4 Å².